The second-order valence-electron chi connectivity index (χ2n) is 8.81. The summed E-state index contributed by atoms with van der Waals surface area (Å²) in [5.74, 6) is -0.481. The molecule has 2 aliphatic rings. The number of benzene rings is 2. The average molecular weight is 467 g/mol. The number of halogens is 1. The molecule has 34 heavy (non-hydrogen) atoms. The fraction of sp³-hybridized carbons (Fsp3) is 0.423. The lowest BCUT2D eigenvalue weighted by molar-refractivity contribution is -0.134. The fourth-order valence-corrected chi connectivity index (χ4v) is 4.61. The zero-order chi connectivity index (χ0) is 24.2. The SMILES string of the molecule is CCOC(=O)N1CCN(CC(=O)N2N=C(c3ccccc3F)C[C@H]2c2ccc(C)cc2C)CC1. The van der Waals surface area contributed by atoms with Gasteiger partial charge < -0.3 is 9.64 Å². The molecule has 2 aliphatic heterocycles. The van der Waals surface area contributed by atoms with Crippen LogP contribution in [0.2, 0.25) is 0 Å². The van der Waals surface area contributed by atoms with Crippen molar-refractivity contribution in [3.63, 3.8) is 0 Å². The van der Waals surface area contributed by atoms with E-state index in [0.29, 0.717) is 50.5 Å². The molecule has 4 rings (SSSR count). The average Bonchev–Trinajstić information content (AvgIpc) is 3.25. The largest absolute Gasteiger partial charge is 0.450 e. The van der Waals surface area contributed by atoms with E-state index in [4.69, 9.17) is 4.74 Å². The first-order valence-corrected chi connectivity index (χ1v) is 11.7. The minimum Gasteiger partial charge on any atom is -0.450 e. The Balaban J connectivity index is 1.53. The summed E-state index contributed by atoms with van der Waals surface area (Å²) in [6.45, 7) is 8.55. The Hall–Kier alpha value is -3.26. The molecule has 180 valence electrons. The van der Waals surface area contributed by atoms with Crippen LogP contribution in [0.1, 0.15) is 41.6 Å². The first-order valence-electron chi connectivity index (χ1n) is 11.7. The molecule has 8 heteroatoms. The van der Waals surface area contributed by atoms with E-state index < -0.39 is 0 Å². The van der Waals surface area contributed by atoms with Crippen LogP contribution in [0.25, 0.3) is 0 Å². The standard InChI is InChI=1S/C26H31FN4O3/c1-4-34-26(33)30-13-11-29(12-14-30)17-25(32)31-24(20-10-9-18(2)15-19(20)3)16-23(28-31)21-7-5-6-8-22(21)27/h5-10,15,24H,4,11-14,16-17H2,1-3H3/t24-/m0/s1. The van der Waals surface area contributed by atoms with Crippen LogP contribution in [0.3, 0.4) is 0 Å². The number of carbonyl (C=O) groups excluding carboxylic acids is 2. The van der Waals surface area contributed by atoms with Crippen molar-refractivity contribution < 1.29 is 18.7 Å². The zero-order valence-electron chi connectivity index (χ0n) is 20.0. The number of rotatable bonds is 5. The van der Waals surface area contributed by atoms with E-state index in [-0.39, 0.29) is 30.4 Å². The van der Waals surface area contributed by atoms with Crippen molar-refractivity contribution in [1.29, 1.82) is 0 Å². The van der Waals surface area contributed by atoms with E-state index in [1.165, 1.54) is 11.1 Å². The Labute approximate surface area is 199 Å². The molecule has 0 saturated carbocycles. The summed E-state index contributed by atoms with van der Waals surface area (Å²) >= 11 is 0. The van der Waals surface area contributed by atoms with E-state index in [0.717, 1.165) is 16.7 Å². The fourth-order valence-electron chi connectivity index (χ4n) is 4.61. The highest BCUT2D eigenvalue weighted by Crippen LogP contribution is 2.35. The van der Waals surface area contributed by atoms with Gasteiger partial charge in [0.2, 0.25) is 0 Å². The van der Waals surface area contributed by atoms with E-state index >= 15 is 0 Å². The van der Waals surface area contributed by atoms with Gasteiger partial charge in [-0.15, -0.1) is 0 Å². The first-order chi connectivity index (χ1) is 16.4. The van der Waals surface area contributed by atoms with Crippen LogP contribution in [-0.2, 0) is 9.53 Å². The molecule has 0 spiro atoms. The van der Waals surface area contributed by atoms with Crippen molar-refractivity contribution in [3.05, 3.63) is 70.5 Å². The molecule has 1 saturated heterocycles. The molecule has 0 aliphatic carbocycles. The minimum atomic E-state index is -0.343. The van der Waals surface area contributed by atoms with Crippen molar-refractivity contribution in [3.8, 4) is 0 Å². The predicted molar refractivity (Wildman–Crippen MR) is 128 cm³/mol. The van der Waals surface area contributed by atoms with Gasteiger partial charge >= 0.3 is 6.09 Å². The summed E-state index contributed by atoms with van der Waals surface area (Å²) in [6.07, 6.45) is 0.134. The van der Waals surface area contributed by atoms with Crippen molar-refractivity contribution >= 4 is 17.7 Å². The quantitative estimate of drug-likeness (QED) is 0.671. The lowest BCUT2D eigenvalue weighted by Gasteiger charge is -2.34. The summed E-state index contributed by atoms with van der Waals surface area (Å²) in [6, 6.07) is 12.4. The van der Waals surface area contributed by atoms with Gasteiger partial charge in [-0.2, -0.15) is 5.10 Å². The second-order valence-corrected chi connectivity index (χ2v) is 8.81. The third-order valence-electron chi connectivity index (χ3n) is 6.39. The summed E-state index contributed by atoms with van der Waals surface area (Å²) in [5.41, 5.74) is 4.24. The Kier molecular flexibility index (Phi) is 7.26. The molecule has 1 fully saturated rings. The van der Waals surface area contributed by atoms with Crippen molar-refractivity contribution in [2.24, 2.45) is 5.10 Å². The van der Waals surface area contributed by atoms with Crippen molar-refractivity contribution in [2.75, 3.05) is 39.3 Å². The molecule has 0 aromatic heterocycles. The maximum Gasteiger partial charge on any atom is 0.409 e. The van der Waals surface area contributed by atoms with Crippen LogP contribution in [0.5, 0.6) is 0 Å². The third kappa shape index (κ3) is 5.12. The molecule has 7 nitrogen and oxygen atoms in total. The molecule has 2 aromatic rings. The number of hydrazone groups is 1. The molecule has 0 radical (unpaired) electrons. The summed E-state index contributed by atoms with van der Waals surface area (Å²) in [4.78, 5) is 29.1. The third-order valence-corrected chi connectivity index (χ3v) is 6.39. The monoisotopic (exact) mass is 466 g/mol. The highest BCUT2D eigenvalue weighted by atomic mass is 19.1. The zero-order valence-corrected chi connectivity index (χ0v) is 20.0. The van der Waals surface area contributed by atoms with E-state index in [1.807, 2.05) is 30.9 Å². The molecule has 2 heterocycles. The van der Waals surface area contributed by atoms with Crippen LogP contribution in [0, 0.1) is 19.7 Å². The molecule has 1 atom stereocenters. The first kappa shape index (κ1) is 23.9. The normalized spacial score (nSPS) is 18.7. The van der Waals surface area contributed by atoms with Gasteiger partial charge in [0, 0.05) is 38.2 Å². The van der Waals surface area contributed by atoms with Crippen LogP contribution in [0.4, 0.5) is 9.18 Å². The van der Waals surface area contributed by atoms with E-state index in [1.54, 1.807) is 30.0 Å². The Morgan fingerprint density at radius 1 is 1.09 bits per heavy atom. The van der Waals surface area contributed by atoms with Crippen LogP contribution >= 0.6 is 0 Å². The highest BCUT2D eigenvalue weighted by molar-refractivity contribution is 6.03. The predicted octanol–water partition coefficient (Wildman–Crippen LogP) is 3.89. The summed E-state index contributed by atoms with van der Waals surface area (Å²) in [7, 11) is 0. The van der Waals surface area contributed by atoms with Crippen LogP contribution in [0.15, 0.2) is 47.6 Å². The van der Waals surface area contributed by atoms with Gasteiger partial charge in [0.25, 0.3) is 5.91 Å². The highest BCUT2D eigenvalue weighted by Gasteiger charge is 2.35. The van der Waals surface area contributed by atoms with Gasteiger partial charge in [-0.25, -0.2) is 14.2 Å². The summed E-state index contributed by atoms with van der Waals surface area (Å²) in [5, 5.41) is 6.15. The van der Waals surface area contributed by atoms with Gasteiger partial charge in [-0.1, -0.05) is 42.0 Å². The Morgan fingerprint density at radius 3 is 2.50 bits per heavy atom. The number of aryl methyl sites for hydroxylation is 2. The smallest absolute Gasteiger partial charge is 0.409 e. The number of hydrogen-bond acceptors (Lipinski definition) is 5. The van der Waals surface area contributed by atoms with Gasteiger partial charge in [0.05, 0.1) is 24.9 Å². The van der Waals surface area contributed by atoms with Gasteiger partial charge in [-0.05, 0) is 38.0 Å². The molecular formula is C26H31FN4O3. The number of amides is 2. The molecule has 0 unspecified atom stereocenters. The van der Waals surface area contributed by atoms with Gasteiger partial charge in [-0.3, -0.25) is 9.69 Å². The van der Waals surface area contributed by atoms with Crippen LogP contribution in [-0.4, -0.2) is 71.9 Å². The maximum absolute atomic E-state index is 14.5. The molecule has 2 aromatic carbocycles. The van der Waals surface area contributed by atoms with E-state index in [2.05, 4.69) is 11.2 Å². The van der Waals surface area contributed by atoms with Gasteiger partial charge in [0.1, 0.15) is 5.82 Å². The maximum atomic E-state index is 14.5. The molecule has 0 bridgehead atoms. The molecule has 2 amide bonds. The Morgan fingerprint density at radius 2 is 1.82 bits per heavy atom. The second kappa shape index (κ2) is 10.3. The molecular weight excluding hydrogens is 435 g/mol. The number of hydrogen-bond donors (Lipinski definition) is 0. The molecule has 0 N–H and O–H groups in total. The van der Waals surface area contributed by atoms with Crippen LogP contribution < -0.4 is 0 Å². The lowest BCUT2D eigenvalue weighted by atomic mass is 9.94. The number of carbonyl (C=O) groups is 2. The number of nitrogens with zero attached hydrogens (tertiary/aromatic N) is 4. The lowest BCUT2D eigenvalue weighted by Crippen LogP contribution is -2.51. The van der Waals surface area contributed by atoms with Crippen molar-refractivity contribution in [1.82, 2.24) is 14.8 Å². The number of ether oxygens (including phenoxy) is 1. The topological polar surface area (TPSA) is 65.5 Å². The number of piperazine rings is 1. The summed E-state index contributed by atoms with van der Waals surface area (Å²) < 4.78 is 19.6. The Bertz CT molecular complexity index is 1100. The van der Waals surface area contributed by atoms with E-state index in [9.17, 15) is 14.0 Å². The minimum absolute atomic E-state index is 0.138. The van der Waals surface area contributed by atoms with Crippen molar-refractivity contribution in [2.45, 2.75) is 33.2 Å². The van der Waals surface area contributed by atoms with Gasteiger partial charge in [0.15, 0.2) is 0 Å².